The first-order valence-electron chi connectivity index (χ1n) is 4.83. The van der Waals surface area contributed by atoms with Crippen molar-refractivity contribution in [3.05, 3.63) is 32.2 Å². The van der Waals surface area contributed by atoms with Crippen LogP contribution in [0.25, 0.3) is 0 Å². The molecule has 0 saturated heterocycles. The molecule has 0 bridgehead atoms. The van der Waals surface area contributed by atoms with E-state index in [1.54, 1.807) is 6.20 Å². The minimum Gasteiger partial charge on any atom is -0.283 e. The molecule has 0 aliphatic heterocycles. The molecule has 2 aromatic heterocycles. The molecule has 0 unspecified atom stereocenters. The van der Waals surface area contributed by atoms with Crippen LogP contribution in [-0.4, -0.2) is 18.6 Å². The molecule has 0 atom stereocenters. The van der Waals surface area contributed by atoms with Crippen molar-refractivity contribution in [2.24, 2.45) is 0 Å². The quantitative estimate of drug-likeness (QED) is 0.907. The Balaban J connectivity index is 2.18. The molecule has 0 fully saturated rings. The second-order valence-corrected chi connectivity index (χ2v) is 7.55. The van der Waals surface area contributed by atoms with Gasteiger partial charge in [0.05, 0.1) is 10.5 Å². The van der Waals surface area contributed by atoms with Crippen LogP contribution in [0.4, 0.5) is 0 Å². The summed E-state index contributed by atoms with van der Waals surface area (Å²) in [5.41, 5.74) is 1.59. The lowest BCUT2D eigenvalue weighted by atomic mass is 10.3. The van der Waals surface area contributed by atoms with E-state index in [9.17, 15) is 8.42 Å². The van der Waals surface area contributed by atoms with Crippen molar-refractivity contribution in [1.29, 1.82) is 0 Å². The first-order valence-corrected chi connectivity index (χ1v) is 7.89. The summed E-state index contributed by atoms with van der Waals surface area (Å²) in [4.78, 5) is 0.000291. The van der Waals surface area contributed by atoms with E-state index in [0.29, 0.717) is 4.34 Å². The van der Waals surface area contributed by atoms with E-state index in [0.717, 1.165) is 22.6 Å². The fraction of sp³-hybridized carbons (Fsp3) is 0.222. The number of rotatable bonds is 4. The predicted octanol–water partition coefficient (Wildman–Crippen LogP) is 2.56. The first-order chi connectivity index (χ1) is 8.40. The van der Waals surface area contributed by atoms with Crippen molar-refractivity contribution < 1.29 is 8.42 Å². The van der Waals surface area contributed by atoms with E-state index < -0.39 is 10.0 Å². The molecular weight excluding hydrogens is 317 g/mol. The molecule has 18 heavy (non-hydrogen) atoms. The van der Waals surface area contributed by atoms with Crippen LogP contribution in [-0.2, 0) is 16.6 Å². The van der Waals surface area contributed by atoms with Gasteiger partial charge in [0.25, 0.3) is 0 Å². The van der Waals surface area contributed by atoms with Crippen LogP contribution in [0.2, 0.25) is 8.67 Å². The van der Waals surface area contributed by atoms with Gasteiger partial charge in [-0.1, -0.05) is 23.2 Å². The number of thiophene rings is 1. The third-order valence-corrected chi connectivity index (χ3v) is 5.46. The van der Waals surface area contributed by atoms with Crippen LogP contribution in [0.1, 0.15) is 11.3 Å². The summed E-state index contributed by atoms with van der Waals surface area (Å²) in [5.74, 6) is 0. The van der Waals surface area contributed by atoms with E-state index in [4.69, 9.17) is 23.2 Å². The number of halogens is 2. The van der Waals surface area contributed by atoms with Crippen LogP contribution in [0.15, 0.2) is 17.2 Å². The lowest BCUT2D eigenvalue weighted by Crippen LogP contribution is -2.23. The molecule has 0 aliphatic carbocycles. The highest BCUT2D eigenvalue weighted by Crippen LogP contribution is 2.34. The second kappa shape index (κ2) is 5.18. The Labute approximate surface area is 118 Å². The average molecular weight is 326 g/mol. The summed E-state index contributed by atoms with van der Waals surface area (Å²) in [5, 5.41) is 6.54. The molecule has 0 spiro atoms. The molecule has 9 heteroatoms. The Morgan fingerprint density at radius 1 is 1.50 bits per heavy atom. The number of sulfonamides is 1. The number of nitrogens with one attached hydrogen (secondary N) is 2. The molecular formula is C9H9Cl2N3O2S2. The highest BCUT2D eigenvalue weighted by atomic mass is 35.5. The maximum atomic E-state index is 12.0. The molecule has 2 aromatic rings. The second-order valence-electron chi connectivity index (χ2n) is 3.53. The van der Waals surface area contributed by atoms with Crippen LogP contribution in [0, 0.1) is 6.92 Å². The predicted molar refractivity (Wildman–Crippen MR) is 71.7 cm³/mol. The topological polar surface area (TPSA) is 74.8 Å². The zero-order valence-corrected chi connectivity index (χ0v) is 12.3. The third kappa shape index (κ3) is 2.86. The molecule has 2 rings (SSSR count). The maximum Gasteiger partial charge on any atom is 0.243 e. The standard InChI is InChI=1S/C9H9Cl2N3O2S2/c1-5-6(3-12-14-5)4-13-18(15,16)7-2-8(10)17-9(7)11/h2-3,13H,4H2,1H3,(H,12,14). The van der Waals surface area contributed by atoms with Gasteiger partial charge in [0.1, 0.15) is 9.23 Å². The van der Waals surface area contributed by atoms with E-state index in [1.807, 2.05) is 6.92 Å². The van der Waals surface area contributed by atoms with Gasteiger partial charge in [-0.25, -0.2) is 13.1 Å². The molecule has 2 N–H and O–H groups in total. The van der Waals surface area contributed by atoms with Crippen LogP contribution in [0.5, 0.6) is 0 Å². The number of hydrogen-bond donors (Lipinski definition) is 2. The molecule has 0 aromatic carbocycles. The van der Waals surface area contributed by atoms with Crippen LogP contribution < -0.4 is 4.72 Å². The number of hydrogen-bond acceptors (Lipinski definition) is 4. The van der Waals surface area contributed by atoms with Crippen molar-refractivity contribution in [2.45, 2.75) is 18.4 Å². The molecule has 98 valence electrons. The van der Waals surface area contributed by atoms with Gasteiger partial charge in [-0.15, -0.1) is 11.3 Å². The van der Waals surface area contributed by atoms with Gasteiger partial charge in [0.2, 0.25) is 10.0 Å². The zero-order valence-electron chi connectivity index (χ0n) is 9.20. The maximum absolute atomic E-state index is 12.0. The van der Waals surface area contributed by atoms with E-state index >= 15 is 0 Å². The first kappa shape index (κ1) is 13.8. The van der Waals surface area contributed by atoms with E-state index in [-0.39, 0.29) is 15.8 Å². The third-order valence-electron chi connectivity index (χ3n) is 2.30. The van der Waals surface area contributed by atoms with Crippen molar-refractivity contribution in [3.8, 4) is 0 Å². The van der Waals surface area contributed by atoms with E-state index in [2.05, 4.69) is 14.9 Å². The Morgan fingerprint density at radius 3 is 2.72 bits per heavy atom. The summed E-state index contributed by atoms with van der Waals surface area (Å²) in [6.45, 7) is 1.96. The van der Waals surface area contributed by atoms with Gasteiger partial charge in [-0.05, 0) is 13.0 Å². The molecule has 0 radical (unpaired) electrons. The number of H-pyrrole nitrogens is 1. The molecule has 0 aliphatic rings. The zero-order chi connectivity index (χ0) is 13.3. The molecule has 0 amide bonds. The van der Waals surface area contributed by atoms with Gasteiger partial charge < -0.3 is 0 Å². The van der Waals surface area contributed by atoms with Gasteiger partial charge in [-0.3, -0.25) is 5.10 Å². The van der Waals surface area contributed by atoms with Gasteiger partial charge in [0.15, 0.2) is 0 Å². The lowest BCUT2D eigenvalue weighted by molar-refractivity contribution is 0.581. The summed E-state index contributed by atoms with van der Waals surface area (Å²) in [6.07, 6.45) is 1.57. The highest BCUT2D eigenvalue weighted by molar-refractivity contribution is 7.89. The highest BCUT2D eigenvalue weighted by Gasteiger charge is 2.21. The smallest absolute Gasteiger partial charge is 0.243 e. The largest absolute Gasteiger partial charge is 0.283 e. The van der Waals surface area contributed by atoms with Crippen LogP contribution in [0.3, 0.4) is 0 Å². The van der Waals surface area contributed by atoms with Gasteiger partial charge in [-0.2, -0.15) is 5.10 Å². The Bertz CT molecular complexity index is 663. The van der Waals surface area contributed by atoms with Crippen molar-refractivity contribution in [2.75, 3.05) is 0 Å². The Hall–Kier alpha value is -0.600. The lowest BCUT2D eigenvalue weighted by Gasteiger charge is -2.04. The SMILES string of the molecule is Cc1[nH]ncc1CNS(=O)(=O)c1cc(Cl)sc1Cl. The fourth-order valence-electron chi connectivity index (χ4n) is 1.31. The number of aromatic amines is 1. The summed E-state index contributed by atoms with van der Waals surface area (Å²) in [7, 11) is -3.66. The average Bonchev–Trinajstić information content (AvgIpc) is 2.82. The van der Waals surface area contributed by atoms with Gasteiger partial charge in [0, 0.05) is 17.8 Å². The summed E-state index contributed by atoms with van der Waals surface area (Å²) < 4.78 is 26.9. The molecule has 0 saturated carbocycles. The van der Waals surface area contributed by atoms with Crippen molar-refractivity contribution in [1.82, 2.24) is 14.9 Å². The normalized spacial score (nSPS) is 11.9. The fourth-order valence-corrected chi connectivity index (χ4v) is 4.47. The van der Waals surface area contributed by atoms with Crippen LogP contribution >= 0.6 is 34.5 Å². The summed E-state index contributed by atoms with van der Waals surface area (Å²) in [6, 6.07) is 1.33. The molecule has 5 nitrogen and oxygen atoms in total. The van der Waals surface area contributed by atoms with Crippen molar-refractivity contribution >= 4 is 44.6 Å². The number of nitrogens with zero attached hydrogens (tertiary/aromatic N) is 1. The summed E-state index contributed by atoms with van der Waals surface area (Å²) >= 11 is 12.6. The van der Waals surface area contributed by atoms with Gasteiger partial charge >= 0.3 is 0 Å². The Kier molecular flexibility index (Phi) is 3.98. The minimum atomic E-state index is -3.66. The number of aryl methyl sites for hydroxylation is 1. The van der Waals surface area contributed by atoms with Crippen molar-refractivity contribution in [3.63, 3.8) is 0 Å². The Morgan fingerprint density at radius 2 is 2.22 bits per heavy atom. The monoisotopic (exact) mass is 325 g/mol. The van der Waals surface area contributed by atoms with E-state index in [1.165, 1.54) is 6.07 Å². The minimum absolute atomic E-state index is 0.000291. The molecule has 2 heterocycles. The number of aromatic nitrogens is 2.